The highest BCUT2D eigenvalue weighted by Gasteiger charge is 2.05. The van der Waals surface area contributed by atoms with Gasteiger partial charge in [-0.2, -0.15) is 0 Å². The van der Waals surface area contributed by atoms with Crippen molar-refractivity contribution >= 4 is 12.3 Å². The van der Waals surface area contributed by atoms with E-state index in [4.69, 9.17) is 4.74 Å². The molecule has 100 valence electrons. The number of carbonyl (C=O) groups is 2. The third-order valence-electron chi connectivity index (χ3n) is 2.25. The van der Waals surface area contributed by atoms with Crippen LogP contribution >= 0.6 is 0 Å². The van der Waals surface area contributed by atoms with Gasteiger partial charge >= 0.3 is 5.97 Å². The maximum Gasteiger partial charge on any atom is 0.305 e. The van der Waals surface area contributed by atoms with E-state index in [2.05, 4.69) is 4.74 Å². The van der Waals surface area contributed by atoms with Crippen molar-refractivity contribution in [1.82, 2.24) is 0 Å². The van der Waals surface area contributed by atoms with Gasteiger partial charge in [-0.25, -0.2) is 0 Å². The number of methoxy groups -OCH3 is 2. The monoisotopic (exact) mass is 252 g/mol. The summed E-state index contributed by atoms with van der Waals surface area (Å²) in [5, 5.41) is 0. The summed E-state index contributed by atoms with van der Waals surface area (Å²) in [5.41, 5.74) is 0. The highest BCUT2D eigenvalue weighted by atomic mass is 16.5. The molecule has 0 fully saturated rings. The minimum absolute atomic E-state index is 0.0191. The summed E-state index contributed by atoms with van der Waals surface area (Å²) in [7, 11) is 3.01. The average molecular weight is 252 g/mol. The molecule has 0 rings (SSSR count). The standard InChI is InChI=1S/C14H20O4/c1-17-13(10-8-11-14(16)18-2)9-6-4-3-5-7-12-15/h3-7,9,12-13H,8,10-11H2,1-2H3/b4-3+,7-5+,9-6+. The Morgan fingerprint density at radius 2 is 1.78 bits per heavy atom. The molecule has 1 unspecified atom stereocenters. The lowest BCUT2D eigenvalue weighted by molar-refractivity contribution is -0.140. The molecule has 0 aromatic heterocycles. The first-order chi connectivity index (χ1) is 8.74. The molecule has 18 heavy (non-hydrogen) atoms. The van der Waals surface area contributed by atoms with E-state index in [0.717, 1.165) is 19.1 Å². The average Bonchev–Trinajstić information content (AvgIpc) is 2.40. The van der Waals surface area contributed by atoms with Crippen LogP contribution in [-0.2, 0) is 19.1 Å². The van der Waals surface area contributed by atoms with Crippen molar-refractivity contribution in [2.45, 2.75) is 25.4 Å². The topological polar surface area (TPSA) is 52.6 Å². The number of allylic oxidation sites excluding steroid dienone is 5. The van der Waals surface area contributed by atoms with Crippen molar-refractivity contribution in [2.24, 2.45) is 0 Å². The van der Waals surface area contributed by atoms with Gasteiger partial charge in [-0.05, 0) is 18.9 Å². The molecule has 0 bridgehead atoms. The van der Waals surface area contributed by atoms with Gasteiger partial charge < -0.3 is 9.47 Å². The molecule has 0 aliphatic carbocycles. The fourth-order valence-corrected chi connectivity index (χ4v) is 1.27. The van der Waals surface area contributed by atoms with E-state index in [0.29, 0.717) is 6.42 Å². The number of rotatable bonds is 9. The molecule has 4 nitrogen and oxygen atoms in total. The molecular weight excluding hydrogens is 232 g/mol. The van der Waals surface area contributed by atoms with Crippen molar-refractivity contribution in [1.29, 1.82) is 0 Å². The van der Waals surface area contributed by atoms with Gasteiger partial charge in [0.1, 0.15) is 6.29 Å². The van der Waals surface area contributed by atoms with E-state index in [9.17, 15) is 9.59 Å². The number of hydrogen-bond donors (Lipinski definition) is 0. The van der Waals surface area contributed by atoms with Crippen molar-refractivity contribution in [3.63, 3.8) is 0 Å². The van der Waals surface area contributed by atoms with E-state index < -0.39 is 0 Å². The van der Waals surface area contributed by atoms with E-state index in [1.54, 1.807) is 19.3 Å². The minimum Gasteiger partial charge on any atom is -0.469 e. The second-order valence-electron chi connectivity index (χ2n) is 3.53. The van der Waals surface area contributed by atoms with Gasteiger partial charge in [-0.15, -0.1) is 0 Å². The van der Waals surface area contributed by atoms with Crippen molar-refractivity contribution < 1.29 is 19.1 Å². The van der Waals surface area contributed by atoms with Gasteiger partial charge in [0.2, 0.25) is 0 Å². The fourth-order valence-electron chi connectivity index (χ4n) is 1.27. The van der Waals surface area contributed by atoms with Gasteiger partial charge in [0.25, 0.3) is 0 Å². The molecule has 0 aliphatic rings. The van der Waals surface area contributed by atoms with Crippen LogP contribution in [0.3, 0.4) is 0 Å². The Balaban J connectivity index is 3.91. The molecule has 0 radical (unpaired) electrons. The van der Waals surface area contributed by atoms with Gasteiger partial charge in [0.05, 0.1) is 13.2 Å². The molecule has 0 aromatic carbocycles. The Morgan fingerprint density at radius 1 is 1.11 bits per heavy atom. The van der Waals surface area contributed by atoms with Crippen LogP contribution in [0.5, 0.6) is 0 Å². The smallest absolute Gasteiger partial charge is 0.305 e. The van der Waals surface area contributed by atoms with Gasteiger partial charge in [-0.1, -0.05) is 30.4 Å². The quantitative estimate of drug-likeness (QED) is 0.273. The first-order valence-electron chi connectivity index (χ1n) is 5.79. The molecule has 0 aromatic rings. The molecular formula is C14H20O4. The molecule has 1 atom stereocenters. The summed E-state index contributed by atoms with van der Waals surface area (Å²) >= 11 is 0. The second-order valence-corrected chi connectivity index (χ2v) is 3.53. The predicted octanol–water partition coefficient (Wildman–Crippen LogP) is 2.21. The SMILES string of the molecule is COC(=O)CCCC(/C=C/C=C/C=C/C=O)OC. The summed E-state index contributed by atoms with van der Waals surface area (Å²) in [6.07, 6.45) is 13.0. The third kappa shape index (κ3) is 9.54. The summed E-state index contributed by atoms with van der Waals surface area (Å²) < 4.78 is 9.80. The van der Waals surface area contributed by atoms with E-state index in [-0.39, 0.29) is 12.1 Å². The summed E-state index contributed by atoms with van der Waals surface area (Å²) in [5.74, 6) is -0.201. The number of esters is 1. The van der Waals surface area contributed by atoms with Crippen LogP contribution in [0.4, 0.5) is 0 Å². The van der Waals surface area contributed by atoms with E-state index >= 15 is 0 Å². The second kappa shape index (κ2) is 11.8. The Bertz CT molecular complexity index is 316. The van der Waals surface area contributed by atoms with Crippen molar-refractivity contribution in [3.8, 4) is 0 Å². The maximum absolute atomic E-state index is 10.9. The summed E-state index contributed by atoms with van der Waals surface area (Å²) in [6, 6.07) is 0. The molecule has 0 heterocycles. The minimum atomic E-state index is -0.201. The van der Waals surface area contributed by atoms with Crippen LogP contribution < -0.4 is 0 Å². The van der Waals surface area contributed by atoms with Gasteiger partial charge in [-0.3, -0.25) is 9.59 Å². The zero-order valence-electron chi connectivity index (χ0n) is 10.9. The molecule has 0 aliphatic heterocycles. The van der Waals surface area contributed by atoms with E-state index in [1.807, 2.05) is 18.2 Å². The van der Waals surface area contributed by atoms with Crippen LogP contribution in [0.25, 0.3) is 0 Å². The first-order valence-corrected chi connectivity index (χ1v) is 5.79. The van der Waals surface area contributed by atoms with Crippen LogP contribution in [0.15, 0.2) is 36.5 Å². The number of aldehydes is 1. The van der Waals surface area contributed by atoms with Gasteiger partial charge in [0.15, 0.2) is 0 Å². The normalized spacial score (nSPS) is 13.4. The third-order valence-corrected chi connectivity index (χ3v) is 2.25. The summed E-state index contributed by atoms with van der Waals surface area (Å²) in [6.45, 7) is 0. The Labute approximate surface area is 108 Å². The Hall–Kier alpha value is -1.68. The highest BCUT2D eigenvalue weighted by Crippen LogP contribution is 2.06. The zero-order chi connectivity index (χ0) is 13.6. The van der Waals surface area contributed by atoms with Gasteiger partial charge in [0, 0.05) is 13.5 Å². The zero-order valence-corrected chi connectivity index (χ0v) is 10.9. The number of carbonyl (C=O) groups excluding carboxylic acids is 2. The molecule has 0 saturated heterocycles. The summed E-state index contributed by atoms with van der Waals surface area (Å²) in [4.78, 5) is 20.9. The van der Waals surface area contributed by atoms with Crippen LogP contribution in [0.1, 0.15) is 19.3 Å². The molecule has 4 heteroatoms. The lowest BCUT2D eigenvalue weighted by atomic mass is 10.1. The Morgan fingerprint density at radius 3 is 2.39 bits per heavy atom. The predicted molar refractivity (Wildman–Crippen MR) is 70.1 cm³/mol. The van der Waals surface area contributed by atoms with Crippen LogP contribution in [-0.4, -0.2) is 32.6 Å². The molecule has 0 spiro atoms. The largest absolute Gasteiger partial charge is 0.469 e. The highest BCUT2D eigenvalue weighted by molar-refractivity contribution is 5.69. The first kappa shape index (κ1) is 16.3. The molecule has 0 N–H and O–H groups in total. The fraction of sp³-hybridized carbons (Fsp3) is 0.429. The van der Waals surface area contributed by atoms with Crippen LogP contribution in [0, 0.1) is 0 Å². The maximum atomic E-state index is 10.9. The Kier molecular flexibility index (Phi) is 10.7. The number of hydrogen-bond acceptors (Lipinski definition) is 4. The van der Waals surface area contributed by atoms with Crippen molar-refractivity contribution in [3.05, 3.63) is 36.5 Å². The lowest BCUT2D eigenvalue weighted by Crippen LogP contribution is -2.08. The van der Waals surface area contributed by atoms with Crippen molar-refractivity contribution in [2.75, 3.05) is 14.2 Å². The molecule has 0 amide bonds. The van der Waals surface area contributed by atoms with E-state index in [1.165, 1.54) is 13.2 Å². The lowest BCUT2D eigenvalue weighted by Gasteiger charge is -2.09. The van der Waals surface area contributed by atoms with Crippen LogP contribution in [0.2, 0.25) is 0 Å². The molecule has 0 saturated carbocycles. The number of ether oxygens (including phenoxy) is 2.